The van der Waals surface area contributed by atoms with Crippen molar-refractivity contribution in [3.63, 3.8) is 0 Å². The molecule has 0 aromatic heterocycles. The van der Waals surface area contributed by atoms with Crippen LogP contribution in [-0.4, -0.2) is 22.7 Å². The fourth-order valence-electron chi connectivity index (χ4n) is 1.77. The molecule has 2 atom stereocenters. The first-order valence-electron chi connectivity index (χ1n) is 4.87. The van der Waals surface area contributed by atoms with Crippen LogP contribution >= 0.6 is 23.4 Å². The zero-order valence-electron chi connectivity index (χ0n) is 8.12. The van der Waals surface area contributed by atoms with Gasteiger partial charge in [-0.25, -0.2) is 4.39 Å². The number of rotatable bonds is 2. The van der Waals surface area contributed by atoms with Crippen LogP contribution in [0.1, 0.15) is 5.56 Å². The minimum Gasteiger partial charge on any atom is -0.392 e. The average molecular weight is 247 g/mol. The van der Waals surface area contributed by atoms with Crippen LogP contribution in [0.15, 0.2) is 18.2 Å². The molecule has 1 fully saturated rings. The molecule has 0 spiro atoms. The Balaban J connectivity index is 2.16. The number of aliphatic hydroxyl groups excluding tert-OH is 1. The standard InChI is InChI=1S/C11H12ClFOS/c12-9-2-1-3-10(13)8(9)4-7-5-15-6-11(7)14/h1-3,7,11,14H,4-6H2. The SMILES string of the molecule is OC1CSCC1Cc1c(F)cccc1Cl. The van der Waals surface area contributed by atoms with Crippen molar-refractivity contribution in [2.75, 3.05) is 11.5 Å². The molecule has 4 heteroatoms. The predicted molar refractivity (Wildman–Crippen MR) is 61.9 cm³/mol. The second kappa shape index (κ2) is 4.73. The Kier molecular flexibility index (Phi) is 3.54. The lowest BCUT2D eigenvalue weighted by molar-refractivity contribution is 0.149. The van der Waals surface area contributed by atoms with E-state index in [1.807, 2.05) is 0 Å². The van der Waals surface area contributed by atoms with E-state index >= 15 is 0 Å². The Hall–Kier alpha value is -0.250. The van der Waals surface area contributed by atoms with E-state index < -0.39 is 0 Å². The van der Waals surface area contributed by atoms with Crippen LogP contribution in [0.4, 0.5) is 4.39 Å². The van der Waals surface area contributed by atoms with Gasteiger partial charge in [0.15, 0.2) is 0 Å². The third kappa shape index (κ3) is 2.47. The summed E-state index contributed by atoms with van der Waals surface area (Å²) in [7, 11) is 0. The number of hydrogen-bond acceptors (Lipinski definition) is 2. The maximum Gasteiger partial charge on any atom is 0.127 e. The topological polar surface area (TPSA) is 20.2 Å². The lowest BCUT2D eigenvalue weighted by atomic mass is 9.96. The molecule has 2 rings (SSSR count). The van der Waals surface area contributed by atoms with Gasteiger partial charge >= 0.3 is 0 Å². The first-order valence-corrected chi connectivity index (χ1v) is 6.40. The second-order valence-electron chi connectivity index (χ2n) is 3.77. The smallest absolute Gasteiger partial charge is 0.127 e. The summed E-state index contributed by atoms with van der Waals surface area (Å²) in [5.41, 5.74) is 0.533. The third-order valence-electron chi connectivity index (χ3n) is 2.69. The van der Waals surface area contributed by atoms with Gasteiger partial charge < -0.3 is 5.11 Å². The summed E-state index contributed by atoms with van der Waals surface area (Å²) < 4.78 is 13.5. The van der Waals surface area contributed by atoms with Crippen LogP contribution in [-0.2, 0) is 6.42 Å². The van der Waals surface area contributed by atoms with Gasteiger partial charge in [0.1, 0.15) is 5.82 Å². The number of benzene rings is 1. The summed E-state index contributed by atoms with van der Waals surface area (Å²) >= 11 is 7.63. The maximum atomic E-state index is 13.5. The molecule has 0 aliphatic carbocycles. The van der Waals surface area contributed by atoms with Crippen molar-refractivity contribution in [3.8, 4) is 0 Å². The summed E-state index contributed by atoms with van der Waals surface area (Å²) in [6, 6.07) is 4.70. The van der Waals surface area contributed by atoms with Gasteiger partial charge in [-0.05, 0) is 30.2 Å². The summed E-state index contributed by atoms with van der Waals surface area (Å²) in [6.07, 6.45) is 0.199. The van der Waals surface area contributed by atoms with Crippen LogP contribution in [0.2, 0.25) is 5.02 Å². The molecule has 1 nitrogen and oxygen atoms in total. The van der Waals surface area contributed by atoms with Gasteiger partial charge in [0.25, 0.3) is 0 Å². The van der Waals surface area contributed by atoms with Crippen molar-refractivity contribution in [2.24, 2.45) is 5.92 Å². The molecule has 1 heterocycles. The largest absolute Gasteiger partial charge is 0.392 e. The van der Waals surface area contributed by atoms with E-state index in [0.29, 0.717) is 17.0 Å². The van der Waals surface area contributed by atoms with Gasteiger partial charge in [0.2, 0.25) is 0 Å². The molecule has 0 bridgehead atoms. The number of aliphatic hydroxyl groups is 1. The summed E-state index contributed by atoms with van der Waals surface area (Å²) in [5, 5.41) is 10.1. The normalized spacial score (nSPS) is 25.8. The van der Waals surface area contributed by atoms with Gasteiger partial charge in [0.05, 0.1) is 6.10 Å². The molecule has 1 aromatic carbocycles. The van der Waals surface area contributed by atoms with Crippen molar-refractivity contribution in [3.05, 3.63) is 34.6 Å². The maximum absolute atomic E-state index is 13.5. The van der Waals surface area contributed by atoms with Crippen molar-refractivity contribution < 1.29 is 9.50 Å². The molecule has 1 aromatic rings. The van der Waals surface area contributed by atoms with E-state index in [2.05, 4.69) is 0 Å². The van der Waals surface area contributed by atoms with Crippen LogP contribution in [0.5, 0.6) is 0 Å². The van der Waals surface area contributed by atoms with E-state index in [9.17, 15) is 9.50 Å². The van der Waals surface area contributed by atoms with Gasteiger partial charge in [-0.2, -0.15) is 11.8 Å². The van der Waals surface area contributed by atoms with E-state index in [1.54, 1.807) is 23.9 Å². The zero-order chi connectivity index (χ0) is 10.8. The minimum atomic E-state index is -0.328. The fraction of sp³-hybridized carbons (Fsp3) is 0.455. The Morgan fingerprint density at radius 3 is 2.87 bits per heavy atom. The quantitative estimate of drug-likeness (QED) is 0.866. The minimum absolute atomic E-state index is 0.129. The average Bonchev–Trinajstić information content (AvgIpc) is 2.58. The van der Waals surface area contributed by atoms with Gasteiger partial charge in [-0.3, -0.25) is 0 Å². The molecule has 82 valence electrons. The fourth-order valence-corrected chi connectivity index (χ4v) is 3.30. The predicted octanol–water partition coefficient (Wildman–Crippen LogP) is 2.75. The molecule has 0 amide bonds. The van der Waals surface area contributed by atoms with E-state index in [1.165, 1.54) is 6.07 Å². The Labute approximate surface area is 97.6 Å². The highest BCUT2D eigenvalue weighted by Gasteiger charge is 2.27. The highest BCUT2D eigenvalue weighted by molar-refractivity contribution is 7.99. The molecule has 1 saturated heterocycles. The van der Waals surface area contributed by atoms with Crippen LogP contribution in [0.3, 0.4) is 0 Å². The van der Waals surface area contributed by atoms with Crippen molar-refractivity contribution in [1.29, 1.82) is 0 Å². The van der Waals surface area contributed by atoms with Crippen molar-refractivity contribution in [1.82, 2.24) is 0 Å². The molecule has 0 saturated carbocycles. The Morgan fingerprint density at radius 2 is 2.27 bits per heavy atom. The second-order valence-corrected chi connectivity index (χ2v) is 5.25. The highest BCUT2D eigenvalue weighted by Crippen LogP contribution is 2.30. The molecule has 1 aliphatic rings. The Morgan fingerprint density at radius 1 is 1.47 bits per heavy atom. The summed E-state index contributed by atoms with van der Waals surface area (Å²) in [4.78, 5) is 0. The molecule has 15 heavy (non-hydrogen) atoms. The van der Waals surface area contributed by atoms with E-state index in [0.717, 1.165) is 11.5 Å². The molecule has 1 N–H and O–H groups in total. The van der Waals surface area contributed by atoms with Crippen LogP contribution in [0, 0.1) is 11.7 Å². The molecule has 1 aliphatic heterocycles. The first-order chi connectivity index (χ1) is 7.18. The van der Waals surface area contributed by atoms with Crippen molar-refractivity contribution in [2.45, 2.75) is 12.5 Å². The number of thioether (sulfide) groups is 1. The summed E-state index contributed by atoms with van der Waals surface area (Å²) in [5.74, 6) is 1.48. The zero-order valence-corrected chi connectivity index (χ0v) is 9.69. The monoisotopic (exact) mass is 246 g/mol. The number of hydrogen-bond donors (Lipinski definition) is 1. The lowest BCUT2D eigenvalue weighted by Gasteiger charge is -2.14. The molecule has 0 radical (unpaired) electrons. The number of halogens is 2. The highest BCUT2D eigenvalue weighted by atomic mass is 35.5. The van der Waals surface area contributed by atoms with Gasteiger partial charge in [-0.1, -0.05) is 17.7 Å². The van der Waals surface area contributed by atoms with Crippen molar-refractivity contribution >= 4 is 23.4 Å². The van der Waals surface area contributed by atoms with Crippen LogP contribution < -0.4 is 0 Å². The molecular weight excluding hydrogens is 235 g/mol. The third-order valence-corrected chi connectivity index (χ3v) is 4.29. The van der Waals surface area contributed by atoms with E-state index in [-0.39, 0.29) is 17.8 Å². The van der Waals surface area contributed by atoms with E-state index in [4.69, 9.17) is 11.6 Å². The first kappa shape index (κ1) is 11.2. The van der Waals surface area contributed by atoms with Gasteiger partial charge in [-0.15, -0.1) is 0 Å². The molecule has 2 unspecified atom stereocenters. The van der Waals surface area contributed by atoms with Gasteiger partial charge in [0, 0.05) is 16.3 Å². The lowest BCUT2D eigenvalue weighted by Crippen LogP contribution is -2.20. The molecular formula is C11H12ClFOS. The summed E-state index contributed by atoms with van der Waals surface area (Å²) in [6.45, 7) is 0. The Bertz CT molecular complexity index is 338. The van der Waals surface area contributed by atoms with Crippen LogP contribution in [0.25, 0.3) is 0 Å².